The van der Waals surface area contributed by atoms with Crippen molar-refractivity contribution >= 4 is 86.0 Å². The van der Waals surface area contributed by atoms with Gasteiger partial charge in [0.25, 0.3) is 17.7 Å². The first-order valence-electron chi connectivity index (χ1n) is 37.1. The van der Waals surface area contributed by atoms with E-state index in [0.29, 0.717) is 135 Å². The highest BCUT2D eigenvalue weighted by Crippen LogP contribution is 2.39. The van der Waals surface area contributed by atoms with Crippen molar-refractivity contribution < 1.29 is 41.9 Å². The largest absolute Gasteiger partial charge is 0.383 e. The highest BCUT2D eigenvalue weighted by molar-refractivity contribution is 6.01. The number of benzene rings is 6. The van der Waals surface area contributed by atoms with Crippen LogP contribution in [-0.2, 0) is 34.0 Å². The first-order chi connectivity index (χ1) is 55.6. The molecule has 0 radical (unpaired) electrons. The number of carbonyl (C=O) groups is 6. The minimum Gasteiger partial charge on any atom is -0.383 e. The number of fused-ring (bicyclic) bond motifs is 3. The predicted molar refractivity (Wildman–Crippen MR) is 427 cm³/mol. The monoisotopic (exact) mass is 1550 g/mol. The van der Waals surface area contributed by atoms with Gasteiger partial charge in [-0.1, -0.05) is 105 Å². The highest BCUT2D eigenvalue weighted by Gasteiger charge is 2.33. The molecule has 0 spiro atoms. The molecule has 3 atom stereocenters. The Bertz CT molecular complexity index is 5820. The number of piperidine rings is 3. The average molecular weight is 1550 g/mol. The van der Waals surface area contributed by atoms with E-state index in [2.05, 4.69) is 60.3 Å². The number of rotatable bonds is 18. The molecule has 6 aromatic heterocycles. The Hall–Kier alpha value is -14.3. The molecule has 3 aliphatic rings. The van der Waals surface area contributed by atoms with Gasteiger partial charge in [0.15, 0.2) is 16.9 Å². The molecule has 0 saturated carbocycles. The van der Waals surface area contributed by atoms with Crippen molar-refractivity contribution in [2.45, 2.75) is 83.2 Å². The van der Waals surface area contributed by atoms with Crippen molar-refractivity contribution in [3.05, 3.63) is 252 Å². The molecule has 584 valence electrons. The molecule has 3 fully saturated rings. The maximum atomic E-state index is 15.2. The third-order valence-corrected chi connectivity index (χ3v) is 20.5. The van der Waals surface area contributed by atoms with Crippen LogP contribution in [0.15, 0.2) is 190 Å². The molecule has 115 heavy (non-hydrogen) atoms. The lowest BCUT2D eigenvalue weighted by Gasteiger charge is -2.32. The zero-order valence-electron chi connectivity index (χ0n) is 63.0. The maximum Gasteiger partial charge on any atom is 0.256 e. The van der Waals surface area contributed by atoms with E-state index in [4.69, 9.17) is 37.8 Å². The normalized spacial score (nSPS) is 15.3. The van der Waals surface area contributed by atoms with Crippen molar-refractivity contribution in [1.29, 1.82) is 5.26 Å². The summed E-state index contributed by atoms with van der Waals surface area (Å²) in [6.45, 7) is 16.3. The smallest absolute Gasteiger partial charge is 0.256 e. The Morgan fingerprint density at radius 1 is 0.513 bits per heavy atom. The minimum absolute atomic E-state index is 0.0367. The maximum absolute atomic E-state index is 15.2. The SMILES string of the molecule is C=CC(=O)N1CCC[C@@H](n2nc(-c3ccc(CN(C)C(=O)c4ccccc4F)cc3)c3c(N)ncnc32)C1.C=CC(=O)N1CCC[C@@H](n2nc(-c3ccc(CNC(=O)c4cccc(C#N)c4)c(F)c3)c3c(N)ncnc32)C1.C=CC(=O)N1CCC[C@@H](n2nc(-c3ccc(CNC(=O)c4ccccc4C)c(F)c3)c3c(N)ncnc32)C1. The first-order valence-corrected chi connectivity index (χ1v) is 37.1. The van der Waals surface area contributed by atoms with Crippen LogP contribution >= 0.6 is 0 Å². The van der Waals surface area contributed by atoms with E-state index in [0.717, 1.165) is 55.2 Å². The van der Waals surface area contributed by atoms with E-state index in [1.165, 1.54) is 72.4 Å². The molecule has 6 amide bonds. The van der Waals surface area contributed by atoms with E-state index < -0.39 is 29.3 Å². The van der Waals surface area contributed by atoms with Gasteiger partial charge in [-0.2, -0.15) is 20.6 Å². The summed E-state index contributed by atoms with van der Waals surface area (Å²) in [5.74, 6) is -2.23. The minimum atomic E-state index is -0.545. The molecule has 9 heterocycles. The van der Waals surface area contributed by atoms with Crippen LogP contribution in [0.25, 0.3) is 66.9 Å². The zero-order chi connectivity index (χ0) is 81.1. The summed E-state index contributed by atoms with van der Waals surface area (Å²) in [5, 5.41) is 30.6. The van der Waals surface area contributed by atoms with Gasteiger partial charge in [0.05, 0.1) is 51.5 Å². The van der Waals surface area contributed by atoms with E-state index in [-0.39, 0.29) is 77.6 Å². The third kappa shape index (κ3) is 17.1. The van der Waals surface area contributed by atoms with Crippen LogP contribution in [0, 0.1) is 35.7 Å². The highest BCUT2D eigenvalue weighted by atomic mass is 19.1. The third-order valence-electron chi connectivity index (χ3n) is 20.5. The van der Waals surface area contributed by atoms with Crippen LogP contribution in [0.1, 0.15) is 116 Å². The number of anilines is 3. The number of carbonyl (C=O) groups excluding carboxylic acids is 6. The number of nitrogen functional groups attached to an aromatic ring is 3. The Morgan fingerprint density at radius 2 is 0.930 bits per heavy atom. The van der Waals surface area contributed by atoms with Crippen molar-refractivity contribution in [1.82, 2.24) is 89.5 Å². The molecule has 0 bridgehead atoms. The number of aromatic nitrogens is 12. The molecule has 3 aliphatic heterocycles. The van der Waals surface area contributed by atoms with Gasteiger partial charge >= 0.3 is 0 Å². The second-order valence-electron chi connectivity index (χ2n) is 27.9. The number of hydrogen-bond donors (Lipinski definition) is 5. The van der Waals surface area contributed by atoms with Gasteiger partial charge in [-0.25, -0.2) is 57.1 Å². The van der Waals surface area contributed by atoms with Crippen LogP contribution in [0.4, 0.5) is 30.6 Å². The van der Waals surface area contributed by atoms with E-state index >= 15 is 8.78 Å². The van der Waals surface area contributed by atoms with E-state index in [9.17, 15) is 33.2 Å². The van der Waals surface area contributed by atoms with E-state index in [1.54, 1.807) is 97.8 Å². The molecule has 8 N–H and O–H groups in total. The van der Waals surface area contributed by atoms with Crippen molar-refractivity contribution in [2.24, 2.45) is 0 Å². The topological polar surface area (TPSA) is 372 Å². The van der Waals surface area contributed by atoms with Crippen LogP contribution in [-0.4, -0.2) is 161 Å². The Morgan fingerprint density at radius 3 is 1.36 bits per heavy atom. The first kappa shape index (κ1) is 78.8. The fourth-order valence-electron chi connectivity index (χ4n) is 14.5. The summed E-state index contributed by atoms with van der Waals surface area (Å²) in [7, 11) is 1.64. The molecule has 0 unspecified atom stereocenters. The lowest BCUT2D eigenvalue weighted by atomic mass is 10.1. The lowest BCUT2D eigenvalue weighted by Crippen LogP contribution is -2.40. The van der Waals surface area contributed by atoms with Gasteiger partial charge in [0.2, 0.25) is 17.7 Å². The summed E-state index contributed by atoms with van der Waals surface area (Å²) in [4.78, 5) is 107. The molecule has 0 aliphatic carbocycles. The molecule has 12 aromatic rings. The molecule has 6 aromatic carbocycles. The number of halogens is 3. The molecular weight excluding hydrogens is 1470 g/mol. The summed E-state index contributed by atoms with van der Waals surface area (Å²) in [6, 6.07) is 38.1. The number of hydrogen-bond acceptors (Lipinski definition) is 19. The summed E-state index contributed by atoms with van der Waals surface area (Å²) < 4.78 is 49.8. The molecule has 15 rings (SSSR count). The van der Waals surface area contributed by atoms with E-state index in [1.807, 2.05) is 54.1 Å². The number of nitrogens with two attached hydrogens (primary N) is 3. The van der Waals surface area contributed by atoms with Gasteiger partial charge < -0.3 is 47.4 Å². The molecule has 28 nitrogen and oxygen atoms in total. The van der Waals surface area contributed by atoms with Gasteiger partial charge in [-0.15, -0.1) is 0 Å². The molecular formula is C84H81F3N22O6. The number of nitrogens with zero attached hydrogens (tertiary/aromatic N) is 17. The zero-order valence-corrected chi connectivity index (χ0v) is 63.0. The van der Waals surface area contributed by atoms with Gasteiger partial charge in [-0.3, -0.25) is 28.8 Å². The standard InChI is InChI=1S/C28H25FN8O2.2C28H28FN7O2/c1-2-23(38)36-10-4-7-21(15-36)37-27-24(26(31)33-16-34-27)25(35-37)18-8-9-20(22(29)12-18)14-32-28(39)19-6-3-5-17(11-19)13-30;1-3-23(37)35-14-6-7-20(16-35)36-27-24(26(30)31-17-32-27)25(33-36)19-12-10-18(11-13-19)15-34(2)28(38)21-8-4-5-9-22(21)29;1-3-23(37)35-12-6-8-20(15-35)36-27-24(26(30)32-16-33-27)25(34-36)18-10-11-19(22(29)13-18)14-31-28(38)21-9-5-4-7-17(21)2/h2-3,5-6,8-9,11-12,16,21H,1,4,7,10,14-15H2,(H,32,39)(H2,31,33,34);3-5,8-13,17,20H,1,6-7,14-16H2,2H3,(H2,30,31,32);3-5,7,9-11,13,16,20H,1,6,8,12,14-15H2,2H3,(H,31,38)(H2,30,32,33)/t21-;2*20-/m111/s1. The van der Waals surface area contributed by atoms with Crippen LogP contribution < -0.4 is 27.8 Å². The molecule has 3 saturated heterocycles. The quantitative estimate of drug-likeness (QED) is 0.0498. The Labute approximate surface area is 658 Å². The fraction of sp³-hybridized carbons (Fsp3) is 0.238. The number of nitriles is 1. The Balaban J connectivity index is 0.000000150. The van der Waals surface area contributed by atoms with Gasteiger partial charge in [0.1, 0.15) is 71.0 Å². The van der Waals surface area contributed by atoms with Crippen LogP contribution in [0.3, 0.4) is 0 Å². The Kier molecular flexibility index (Phi) is 23.9. The van der Waals surface area contributed by atoms with Crippen LogP contribution in [0.5, 0.6) is 0 Å². The van der Waals surface area contributed by atoms with Gasteiger partial charge in [0, 0.05) is 105 Å². The van der Waals surface area contributed by atoms with Crippen molar-refractivity contribution in [2.75, 3.05) is 63.5 Å². The summed E-state index contributed by atoms with van der Waals surface area (Å²) in [5.41, 5.74) is 27.3. The predicted octanol–water partition coefficient (Wildman–Crippen LogP) is 11.0. The molecule has 31 heteroatoms. The fourth-order valence-corrected chi connectivity index (χ4v) is 14.5. The number of nitrogens with one attached hydrogen (secondary N) is 2. The van der Waals surface area contributed by atoms with Crippen molar-refractivity contribution in [3.8, 4) is 39.8 Å². The number of aryl methyl sites for hydroxylation is 1. The lowest BCUT2D eigenvalue weighted by molar-refractivity contribution is -0.128. The second-order valence-corrected chi connectivity index (χ2v) is 27.9. The van der Waals surface area contributed by atoms with Gasteiger partial charge in [-0.05, 0) is 123 Å². The van der Waals surface area contributed by atoms with Crippen molar-refractivity contribution in [3.63, 3.8) is 0 Å². The average Bonchev–Trinajstić information content (AvgIpc) is 1.62. The number of amides is 6. The van der Waals surface area contributed by atoms with Crippen LogP contribution in [0.2, 0.25) is 0 Å². The summed E-state index contributed by atoms with van der Waals surface area (Å²) in [6.07, 6.45) is 12.9. The second kappa shape index (κ2) is 34.9. The summed E-state index contributed by atoms with van der Waals surface area (Å²) >= 11 is 0. The number of likely N-dealkylation sites (tertiary alicyclic amines) is 3.